The molecule has 3 rings (SSSR count). The Morgan fingerprint density at radius 3 is 2.14 bits per heavy atom. The van der Waals surface area contributed by atoms with E-state index in [4.69, 9.17) is 0 Å². The summed E-state index contributed by atoms with van der Waals surface area (Å²) in [6.45, 7) is 0. The minimum absolute atomic E-state index is 0.199. The first-order chi connectivity index (χ1) is 10.6. The second-order valence-corrected chi connectivity index (χ2v) is 5.17. The van der Waals surface area contributed by atoms with Crippen molar-refractivity contribution in [1.82, 2.24) is 5.32 Å². The molecule has 2 amide bonds. The first kappa shape index (κ1) is 14.3. The Hall–Kier alpha value is -2.63. The lowest BCUT2D eigenvalue weighted by Crippen LogP contribution is -2.30. The first-order valence-corrected chi connectivity index (χ1v) is 7.00. The third-order valence-electron chi connectivity index (χ3n) is 3.29. The van der Waals surface area contributed by atoms with Crippen molar-refractivity contribution in [1.29, 1.82) is 0 Å². The van der Waals surface area contributed by atoms with Gasteiger partial charge in [-0.05, 0) is 49.2 Å². The Morgan fingerprint density at radius 1 is 0.955 bits per heavy atom. The monoisotopic (exact) mass is 303 g/mol. The normalized spacial score (nSPS) is 13.5. The molecule has 0 bridgehead atoms. The number of carbonyl (C=O) groups excluding carboxylic acids is 1. The van der Waals surface area contributed by atoms with Crippen LogP contribution in [0.3, 0.4) is 0 Å². The van der Waals surface area contributed by atoms with Gasteiger partial charge in [-0.15, -0.1) is 0 Å². The van der Waals surface area contributed by atoms with E-state index in [1.807, 2.05) is 0 Å². The van der Waals surface area contributed by atoms with Gasteiger partial charge >= 0.3 is 6.03 Å². The Labute approximate surface area is 126 Å². The summed E-state index contributed by atoms with van der Waals surface area (Å²) in [4.78, 5) is 11.6. The van der Waals surface area contributed by atoms with Crippen molar-refractivity contribution in [3.8, 4) is 0 Å². The average molecular weight is 303 g/mol. The van der Waals surface area contributed by atoms with Gasteiger partial charge in [-0.2, -0.15) is 0 Å². The number of benzene rings is 2. The zero-order valence-corrected chi connectivity index (χ0v) is 11.7. The summed E-state index contributed by atoms with van der Waals surface area (Å²) in [5.74, 6) is -1.32. The molecule has 114 valence electrons. The molecule has 0 unspecified atom stereocenters. The lowest BCUT2D eigenvalue weighted by atomic mass is 10.2. The molecular formula is C16H15F2N3O. The van der Waals surface area contributed by atoms with Crippen LogP contribution in [0.15, 0.2) is 42.5 Å². The number of amides is 2. The third-order valence-corrected chi connectivity index (χ3v) is 3.29. The second-order valence-electron chi connectivity index (χ2n) is 5.17. The van der Waals surface area contributed by atoms with E-state index in [1.54, 1.807) is 24.3 Å². The minimum Gasteiger partial charge on any atom is -0.351 e. The summed E-state index contributed by atoms with van der Waals surface area (Å²) in [7, 11) is 0. The summed E-state index contributed by atoms with van der Waals surface area (Å²) >= 11 is 0. The van der Waals surface area contributed by atoms with Gasteiger partial charge in [0.1, 0.15) is 17.3 Å². The summed E-state index contributed by atoms with van der Waals surface area (Å²) in [5.41, 5.74) is 0.935. The van der Waals surface area contributed by atoms with Crippen molar-refractivity contribution in [3.05, 3.63) is 54.1 Å². The van der Waals surface area contributed by atoms with Crippen LogP contribution in [0.25, 0.3) is 0 Å². The van der Waals surface area contributed by atoms with Crippen LogP contribution in [0, 0.1) is 11.6 Å². The standard InChI is InChI=1S/C16H15F2N3O/c17-13-2-1-3-14(18)15(13)19-10-4-6-11(7-5-10)20-16(22)21-12-8-9-12/h1-7,12,19H,8-9H2,(H2,20,21,22). The van der Waals surface area contributed by atoms with Crippen molar-refractivity contribution in [2.45, 2.75) is 18.9 Å². The maximum Gasteiger partial charge on any atom is 0.319 e. The van der Waals surface area contributed by atoms with Gasteiger partial charge in [0.15, 0.2) is 0 Å². The Morgan fingerprint density at radius 2 is 1.55 bits per heavy atom. The van der Waals surface area contributed by atoms with Crippen LogP contribution in [0.2, 0.25) is 0 Å². The smallest absolute Gasteiger partial charge is 0.319 e. The van der Waals surface area contributed by atoms with E-state index in [2.05, 4.69) is 16.0 Å². The maximum atomic E-state index is 13.5. The topological polar surface area (TPSA) is 53.2 Å². The molecule has 4 nitrogen and oxygen atoms in total. The molecule has 2 aromatic rings. The molecule has 2 aromatic carbocycles. The molecule has 0 aromatic heterocycles. The van der Waals surface area contributed by atoms with Gasteiger partial charge < -0.3 is 16.0 Å². The van der Waals surface area contributed by atoms with E-state index in [1.165, 1.54) is 18.2 Å². The molecule has 0 heterocycles. The highest BCUT2D eigenvalue weighted by atomic mass is 19.1. The van der Waals surface area contributed by atoms with Gasteiger partial charge in [0.05, 0.1) is 0 Å². The molecule has 1 saturated carbocycles. The highest BCUT2D eigenvalue weighted by Crippen LogP contribution is 2.24. The van der Waals surface area contributed by atoms with Gasteiger partial charge in [0.25, 0.3) is 0 Å². The molecule has 0 saturated heterocycles. The number of hydrogen-bond acceptors (Lipinski definition) is 2. The molecule has 1 aliphatic carbocycles. The predicted molar refractivity (Wildman–Crippen MR) is 81.3 cm³/mol. The predicted octanol–water partition coefficient (Wildman–Crippen LogP) is 3.99. The van der Waals surface area contributed by atoms with Crippen LogP contribution >= 0.6 is 0 Å². The van der Waals surface area contributed by atoms with Gasteiger partial charge in [-0.1, -0.05) is 6.07 Å². The lowest BCUT2D eigenvalue weighted by Gasteiger charge is -2.10. The van der Waals surface area contributed by atoms with Crippen molar-refractivity contribution < 1.29 is 13.6 Å². The number of halogens is 2. The van der Waals surface area contributed by atoms with Crippen molar-refractivity contribution in [3.63, 3.8) is 0 Å². The van der Waals surface area contributed by atoms with Crippen LogP contribution in [0.5, 0.6) is 0 Å². The molecule has 0 spiro atoms. The molecule has 0 aliphatic heterocycles. The van der Waals surface area contributed by atoms with Crippen LogP contribution in [-0.4, -0.2) is 12.1 Å². The number of nitrogens with one attached hydrogen (secondary N) is 3. The van der Waals surface area contributed by atoms with Crippen LogP contribution < -0.4 is 16.0 Å². The van der Waals surface area contributed by atoms with Crippen molar-refractivity contribution in [2.75, 3.05) is 10.6 Å². The number of hydrogen-bond donors (Lipinski definition) is 3. The third kappa shape index (κ3) is 3.52. The zero-order valence-electron chi connectivity index (χ0n) is 11.7. The Balaban J connectivity index is 1.64. The van der Waals surface area contributed by atoms with E-state index in [0.717, 1.165) is 12.8 Å². The molecule has 1 fully saturated rings. The maximum absolute atomic E-state index is 13.5. The van der Waals surface area contributed by atoms with Crippen molar-refractivity contribution in [2.24, 2.45) is 0 Å². The van der Waals surface area contributed by atoms with E-state index >= 15 is 0 Å². The Kier molecular flexibility index (Phi) is 3.91. The van der Waals surface area contributed by atoms with E-state index < -0.39 is 11.6 Å². The van der Waals surface area contributed by atoms with Gasteiger partial charge in [0.2, 0.25) is 0 Å². The summed E-state index contributed by atoms with van der Waals surface area (Å²) in [5, 5.41) is 8.19. The van der Waals surface area contributed by atoms with Gasteiger partial charge in [0, 0.05) is 17.4 Å². The fourth-order valence-corrected chi connectivity index (χ4v) is 1.98. The van der Waals surface area contributed by atoms with Crippen LogP contribution in [0.1, 0.15) is 12.8 Å². The fourth-order valence-electron chi connectivity index (χ4n) is 1.98. The SMILES string of the molecule is O=C(Nc1ccc(Nc2c(F)cccc2F)cc1)NC1CC1. The average Bonchev–Trinajstić information content (AvgIpc) is 3.29. The highest BCUT2D eigenvalue weighted by Gasteiger charge is 2.23. The number of rotatable bonds is 4. The summed E-state index contributed by atoms with van der Waals surface area (Å²) < 4.78 is 27.1. The van der Waals surface area contributed by atoms with Crippen LogP contribution in [0.4, 0.5) is 30.6 Å². The minimum atomic E-state index is -0.661. The summed E-state index contributed by atoms with van der Waals surface area (Å²) in [6.07, 6.45) is 2.04. The van der Waals surface area contributed by atoms with Crippen LogP contribution in [-0.2, 0) is 0 Å². The first-order valence-electron chi connectivity index (χ1n) is 7.00. The number of para-hydroxylation sites is 1. The van der Waals surface area contributed by atoms with Gasteiger partial charge in [-0.3, -0.25) is 0 Å². The molecule has 22 heavy (non-hydrogen) atoms. The fraction of sp³-hybridized carbons (Fsp3) is 0.188. The molecule has 0 atom stereocenters. The van der Waals surface area contributed by atoms with Gasteiger partial charge in [-0.25, -0.2) is 13.6 Å². The molecule has 3 N–H and O–H groups in total. The zero-order chi connectivity index (χ0) is 15.5. The molecular weight excluding hydrogens is 288 g/mol. The quantitative estimate of drug-likeness (QED) is 0.800. The highest BCUT2D eigenvalue weighted by molar-refractivity contribution is 5.89. The number of carbonyl (C=O) groups is 1. The number of anilines is 3. The van der Waals surface area contributed by atoms with E-state index in [9.17, 15) is 13.6 Å². The largest absolute Gasteiger partial charge is 0.351 e. The molecule has 0 radical (unpaired) electrons. The van der Waals surface area contributed by atoms with E-state index in [0.29, 0.717) is 11.4 Å². The lowest BCUT2D eigenvalue weighted by molar-refractivity contribution is 0.251. The molecule has 6 heteroatoms. The molecule has 1 aliphatic rings. The second kappa shape index (κ2) is 6.01. The number of urea groups is 1. The summed E-state index contributed by atoms with van der Waals surface area (Å²) in [6, 6.07) is 10.3. The Bertz CT molecular complexity index is 664. The van der Waals surface area contributed by atoms with Crippen molar-refractivity contribution >= 4 is 23.1 Å². The van der Waals surface area contributed by atoms with E-state index in [-0.39, 0.29) is 17.8 Å².